The Morgan fingerprint density at radius 1 is 1.38 bits per heavy atom. The number of carbonyl (C=O) groups excluding carboxylic acids is 1. The van der Waals surface area contributed by atoms with Crippen molar-refractivity contribution in [1.82, 2.24) is 4.90 Å². The molecule has 2 unspecified atom stereocenters. The topological polar surface area (TPSA) is 87.1 Å². The number of benzene rings is 1. The van der Waals surface area contributed by atoms with Crippen molar-refractivity contribution in [2.75, 3.05) is 6.54 Å². The largest absolute Gasteiger partial charge is 0.480 e. The number of amides is 1. The average Bonchev–Trinajstić information content (AvgIpc) is 3.00. The molecule has 1 aromatic rings. The van der Waals surface area contributed by atoms with Gasteiger partial charge >= 0.3 is 5.97 Å². The van der Waals surface area contributed by atoms with E-state index in [0.29, 0.717) is 17.2 Å². The first-order valence-electron chi connectivity index (χ1n) is 6.62. The van der Waals surface area contributed by atoms with Gasteiger partial charge in [0.1, 0.15) is 11.8 Å². The lowest BCUT2D eigenvalue weighted by Crippen LogP contribution is -2.47. The van der Waals surface area contributed by atoms with Gasteiger partial charge in [-0.05, 0) is 23.8 Å². The molecule has 2 N–H and O–H groups in total. The number of halogens is 1. The molecular weight excluding hydrogens is 298 g/mol. The van der Waals surface area contributed by atoms with E-state index in [-0.39, 0.29) is 13.0 Å². The minimum Gasteiger partial charge on any atom is -0.480 e. The molecule has 1 saturated heterocycles. The van der Waals surface area contributed by atoms with Crippen molar-refractivity contribution in [2.24, 2.45) is 0 Å². The second-order valence-corrected chi connectivity index (χ2v) is 5.73. The Morgan fingerprint density at radius 3 is 2.86 bits per heavy atom. The highest BCUT2D eigenvalue weighted by Gasteiger charge is 2.43. The normalized spacial score (nSPS) is 27.3. The number of aliphatic hydroxyl groups is 1. The van der Waals surface area contributed by atoms with E-state index < -0.39 is 30.1 Å². The van der Waals surface area contributed by atoms with Crippen molar-refractivity contribution in [2.45, 2.75) is 31.1 Å². The Balaban J connectivity index is 1.77. The maximum atomic E-state index is 12.5. The number of hydrogen-bond donors (Lipinski definition) is 2. The van der Waals surface area contributed by atoms with Gasteiger partial charge in [-0.2, -0.15) is 0 Å². The van der Waals surface area contributed by atoms with Crippen molar-refractivity contribution in [1.29, 1.82) is 0 Å². The third-order valence-corrected chi connectivity index (χ3v) is 4.05. The number of carbonyl (C=O) groups is 2. The summed E-state index contributed by atoms with van der Waals surface area (Å²) in [5.74, 6) is -0.936. The van der Waals surface area contributed by atoms with Crippen molar-refractivity contribution >= 4 is 23.5 Å². The zero-order valence-electron chi connectivity index (χ0n) is 11.0. The monoisotopic (exact) mass is 311 g/mol. The van der Waals surface area contributed by atoms with E-state index in [4.69, 9.17) is 21.4 Å². The molecule has 0 radical (unpaired) electrons. The van der Waals surface area contributed by atoms with Gasteiger partial charge in [0.15, 0.2) is 6.10 Å². The molecule has 7 heteroatoms. The number of hydrogen-bond acceptors (Lipinski definition) is 4. The van der Waals surface area contributed by atoms with Gasteiger partial charge in [-0.3, -0.25) is 4.79 Å². The van der Waals surface area contributed by atoms with Crippen molar-refractivity contribution < 1.29 is 24.5 Å². The summed E-state index contributed by atoms with van der Waals surface area (Å²) in [5.41, 5.74) is 0.826. The summed E-state index contributed by atoms with van der Waals surface area (Å²) in [6, 6.07) is 4.10. The second kappa shape index (κ2) is 5.20. The summed E-state index contributed by atoms with van der Waals surface area (Å²) >= 11 is 5.90. The molecule has 112 valence electrons. The molecular formula is C14H14ClNO5. The highest BCUT2D eigenvalue weighted by atomic mass is 35.5. The fourth-order valence-electron chi connectivity index (χ4n) is 2.83. The molecule has 2 aliphatic heterocycles. The van der Waals surface area contributed by atoms with Crippen LogP contribution in [-0.4, -0.2) is 51.8 Å². The lowest BCUT2D eigenvalue weighted by molar-refractivity contribution is -0.150. The van der Waals surface area contributed by atoms with Crippen LogP contribution in [-0.2, 0) is 16.0 Å². The number of aliphatic carboxylic acids is 1. The Labute approximate surface area is 125 Å². The number of carboxylic acids is 1. The molecule has 21 heavy (non-hydrogen) atoms. The van der Waals surface area contributed by atoms with Gasteiger partial charge in [0.05, 0.1) is 6.10 Å². The third-order valence-electron chi connectivity index (χ3n) is 3.82. The van der Waals surface area contributed by atoms with E-state index >= 15 is 0 Å². The minimum atomic E-state index is -1.11. The number of β-amino-alcohol motifs (C(OH)–C–C–N with tert-alkyl or cyclic N) is 1. The Morgan fingerprint density at radius 2 is 2.14 bits per heavy atom. The number of carboxylic acid groups (broad SMARTS) is 1. The molecule has 1 fully saturated rings. The predicted octanol–water partition coefficient (Wildman–Crippen LogP) is 0.690. The standard InChI is InChI=1S/C14H14ClNO5/c15-8-1-2-11-7(3-8)4-12(21-11)13(18)16-6-9(17)5-10(16)14(19)20/h1-3,9-10,12,17H,4-6H2,(H,19,20)/t9?,10-,12?/m0/s1. The van der Waals surface area contributed by atoms with Gasteiger partial charge in [-0.25, -0.2) is 4.79 Å². The number of fused-ring (bicyclic) bond motifs is 1. The lowest BCUT2D eigenvalue weighted by Gasteiger charge is -2.24. The summed E-state index contributed by atoms with van der Waals surface area (Å²) in [5, 5.41) is 19.3. The molecule has 2 aliphatic rings. The van der Waals surface area contributed by atoms with Crippen LogP contribution in [0.25, 0.3) is 0 Å². The van der Waals surface area contributed by atoms with E-state index in [1.54, 1.807) is 18.2 Å². The summed E-state index contributed by atoms with van der Waals surface area (Å²) in [6.45, 7) is 0.0206. The molecule has 0 bridgehead atoms. The summed E-state index contributed by atoms with van der Waals surface area (Å²) < 4.78 is 5.58. The Bertz CT molecular complexity index is 605. The average molecular weight is 312 g/mol. The van der Waals surface area contributed by atoms with Gasteiger partial charge in [0.2, 0.25) is 0 Å². The Hall–Kier alpha value is -1.79. The second-order valence-electron chi connectivity index (χ2n) is 5.30. The molecule has 2 heterocycles. The zero-order chi connectivity index (χ0) is 15.1. The SMILES string of the molecule is O=C(O)[C@@H]1CC(O)CN1C(=O)C1Cc2cc(Cl)ccc2O1. The smallest absolute Gasteiger partial charge is 0.326 e. The van der Waals surface area contributed by atoms with Crippen LogP contribution >= 0.6 is 11.6 Å². The van der Waals surface area contributed by atoms with E-state index in [9.17, 15) is 14.7 Å². The van der Waals surface area contributed by atoms with Crippen LogP contribution in [0.4, 0.5) is 0 Å². The van der Waals surface area contributed by atoms with Gasteiger partial charge < -0.3 is 19.8 Å². The van der Waals surface area contributed by atoms with E-state index in [1.807, 2.05) is 0 Å². The Kier molecular flexibility index (Phi) is 3.51. The minimum absolute atomic E-state index is 0.0206. The van der Waals surface area contributed by atoms with Crippen LogP contribution in [0.15, 0.2) is 18.2 Å². The number of likely N-dealkylation sites (tertiary alicyclic amines) is 1. The lowest BCUT2D eigenvalue weighted by atomic mass is 10.1. The van der Waals surface area contributed by atoms with Crippen LogP contribution in [0.5, 0.6) is 5.75 Å². The summed E-state index contributed by atoms with van der Waals surface area (Å²) in [4.78, 5) is 24.8. The van der Waals surface area contributed by atoms with Gasteiger partial charge in [-0.15, -0.1) is 0 Å². The predicted molar refractivity (Wildman–Crippen MR) is 73.3 cm³/mol. The number of rotatable bonds is 2. The van der Waals surface area contributed by atoms with Crippen LogP contribution < -0.4 is 4.74 Å². The first-order chi connectivity index (χ1) is 9.95. The van der Waals surface area contributed by atoms with Crippen LogP contribution in [0.3, 0.4) is 0 Å². The van der Waals surface area contributed by atoms with Crippen LogP contribution in [0.2, 0.25) is 5.02 Å². The fraction of sp³-hybridized carbons (Fsp3) is 0.429. The van der Waals surface area contributed by atoms with Gasteiger partial charge in [0, 0.05) is 24.4 Å². The molecule has 3 rings (SSSR count). The molecule has 1 amide bonds. The highest BCUT2D eigenvalue weighted by molar-refractivity contribution is 6.30. The van der Waals surface area contributed by atoms with Crippen molar-refractivity contribution in [3.8, 4) is 5.75 Å². The van der Waals surface area contributed by atoms with E-state index in [2.05, 4.69) is 0 Å². The number of ether oxygens (including phenoxy) is 1. The number of aliphatic hydroxyl groups excluding tert-OH is 1. The van der Waals surface area contributed by atoms with E-state index in [1.165, 1.54) is 4.90 Å². The zero-order valence-corrected chi connectivity index (χ0v) is 11.8. The summed E-state index contributed by atoms with van der Waals surface area (Å²) in [7, 11) is 0. The first kappa shape index (κ1) is 14.2. The van der Waals surface area contributed by atoms with Crippen LogP contribution in [0.1, 0.15) is 12.0 Å². The number of nitrogens with zero attached hydrogens (tertiary/aromatic N) is 1. The molecule has 0 saturated carbocycles. The molecule has 0 spiro atoms. The molecule has 6 nitrogen and oxygen atoms in total. The quantitative estimate of drug-likeness (QED) is 0.839. The van der Waals surface area contributed by atoms with Crippen molar-refractivity contribution in [3.63, 3.8) is 0 Å². The van der Waals surface area contributed by atoms with Crippen LogP contribution in [0, 0.1) is 0 Å². The molecule has 0 aromatic heterocycles. The maximum absolute atomic E-state index is 12.5. The van der Waals surface area contributed by atoms with Gasteiger partial charge in [-0.1, -0.05) is 11.6 Å². The van der Waals surface area contributed by atoms with E-state index in [0.717, 1.165) is 5.56 Å². The third kappa shape index (κ3) is 2.56. The molecule has 0 aliphatic carbocycles. The maximum Gasteiger partial charge on any atom is 0.326 e. The van der Waals surface area contributed by atoms with Crippen molar-refractivity contribution in [3.05, 3.63) is 28.8 Å². The van der Waals surface area contributed by atoms with Gasteiger partial charge in [0.25, 0.3) is 5.91 Å². The first-order valence-corrected chi connectivity index (χ1v) is 7.00. The fourth-order valence-corrected chi connectivity index (χ4v) is 3.03. The molecule has 1 aromatic carbocycles. The summed E-state index contributed by atoms with van der Waals surface area (Å²) in [6.07, 6.45) is -1.17. The highest BCUT2D eigenvalue weighted by Crippen LogP contribution is 2.32. The molecule has 3 atom stereocenters.